The van der Waals surface area contributed by atoms with Crippen LogP contribution >= 0.6 is 11.3 Å². The Hall–Kier alpha value is -1.99. The molecule has 1 atom stereocenters. The third kappa shape index (κ3) is 4.24. The molecule has 1 amide bonds. The molecule has 0 fully saturated rings. The Bertz CT molecular complexity index is 608. The number of carboxylic acids is 1. The molecule has 2 rings (SSSR count). The summed E-state index contributed by atoms with van der Waals surface area (Å²) in [5, 5.41) is 14.9. The summed E-state index contributed by atoms with van der Waals surface area (Å²) in [6, 6.07) is 6.91. The maximum Gasteiger partial charge on any atom is 0.320 e. The number of hydrogen-bond acceptors (Lipinski definition) is 5. The van der Waals surface area contributed by atoms with Crippen LogP contribution in [0.25, 0.3) is 10.2 Å². The number of nitrogens with zero attached hydrogens (tertiary/aromatic N) is 1. The first kappa shape index (κ1) is 15.4. The van der Waals surface area contributed by atoms with Gasteiger partial charge in [-0.3, -0.25) is 14.9 Å². The molecule has 7 heteroatoms. The smallest absolute Gasteiger partial charge is 0.320 e. The van der Waals surface area contributed by atoms with Crippen molar-refractivity contribution in [3.63, 3.8) is 0 Å². The van der Waals surface area contributed by atoms with Gasteiger partial charge in [-0.15, -0.1) is 0 Å². The van der Waals surface area contributed by atoms with E-state index in [4.69, 9.17) is 5.11 Å². The molecule has 0 spiro atoms. The van der Waals surface area contributed by atoms with Gasteiger partial charge in [0.05, 0.1) is 16.8 Å². The second-order valence-corrected chi connectivity index (χ2v) is 5.63. The van der Waals surface area contributed by atoms with E-state index < -0.39 is 12.0 Å². The number of anilines is 1. The van der Waals surface area contributed by atoms with E-state index in [1.807, 2.05) is 31.2 Å². The molecule has 0 bridgehead atoms. The summed E-state index contributed by atoms with van der Waals surface area (Å²) in [4.78, 5) is 27.1. The SMILES string of the molecule is CCCC(NCC(=O)Nc1nc2ccccc2s1)C(=O)O. The van der Waals surface area contributed by atoms with Crippen LogP contribution in [-0.4, -0.2) is 34.6 Å². The summed E-state index contributed by atoms with van der Waals surface area (Å²) in [6.07, 6.45) is 1.23. The number of carbonyl (C=O) groups is 2. The Morgan fingerprint density at radius 3 is 2.81 bits per heavy atom. The maximum atomic E-state index is 11.8. The van der Waals surface area contributed by atoms with Crippen molar-refractivity contribution in [3.05, 3.63) is 24.3 Å². The standard InChI is InChI=1S/C14H17N3O3S/c1-2-5-10(13(19)20)15-8-12(18)17-14-16-9-6-3-4-7-11(9)21-14/h3-4,6-7,10,15H,2,5,8H2,1H3,(H,19,20)(H,16,17,18). The molecular weight excluding hydrogens is 290 g/mol. The van der Waals surface area contributed by atoms with E-state index in [0.29, 0.717) is 11.6 Å². The summed E-state index contributed by atoms with van der Waals surface area (Å²) < 4.78 is 0.996. The molecule has 112 valence electrons. The van der Waals surface area contributed by atoms with Crippen LogP contribution in [0.2, 0.25) is 0 Å². The van der Waals surface area contributed by atoms with Crippen molar-refractivity contribution in [2.45, 2.75) is 25.8 Å². The number of amides is 1. The predicted molar refractivity (Wildman–Crippen MR) is 82.6 cm³/mol. The number of thiazole rings is 1. The zero-order chi connectivity index (χ0) is 15.2. The molecular formula is C14H17N3O3S. The quantitative estimate of drug-likeness (QED) is 0.728. The van der Waals surface area contributed by atoms with Gasteiger partial charge in [-0.05, 0) is 18.6 Å². The fourth-order valence-corrected chi connectivity index (χ4v) is 2.79. The lowest BCUT2D eigenvalue weighted by Gasteiger charge is -2.12. The van der Waals surface area contributed by atoms with Crippen molar-refractivity contribution in [3.8, 4) is 0 Å². The largest absolute Gasteiger partial charge is 0.480 e. The molecule has 0 saturated carbocycles. The summed E-state index contributed by atoms with van der Waals surface area (Å²) in [5.41, 5.74) is 0.833. The summed E-state index contributed by atoms with van der Waals surface area (Å²) in [7, 11) is 0. The lowest BCUT2D eigenvalue weighted by molar-refractivity contribution is -0.139. The predicted octanol–water partition coefficient (Wildman–Crippen LogP) is 2.08. The number of aromatic nitrogens is 1. The fraction of sp³-hybridized carbons (Fsp3) is 0.357. The van der Waals surface area contributed by atoms with Crippen LogP contribution in [0.5, 0.6) is 0 Å². The topological polar surface area (TPSA) is 91.3 Å². The average Bonchev–Trinajstić information content (AvgIpc) is 2.85. The van der Waals surface area contributed by atoms with Crippen molar-refractivity contribution in [1.29, 1.82) is 0 Å². The first-order chi connectivity index (χ1) is 10.1. The molecule has 0 radical (unpaired) electrons. The van der Waals surface area contributed by atoms with E-state index >= 15 is 0 Å². The lowest BCUT2D eigenvalue weighted by Crippen LogP contribution is -2.41. The van der Waals surface area contributed by atoms with Crippen LogP contribution in [0, 0.1) is 0 Å². The fourth-order valence-electron chi connectivity index (χ4n) is 1.91. The monoisotopic (exact) mass is 307 g/mol. The minimum atomic E-state index is -0.940. The summed E-state index contributed by atoms with van der Waals surface area (Å²) >= 11 is 1.39. The Balaban J connectivity index is 1.90. The van der Waals surface area contributed by atoms with Gasteiger partial charge in [0.1, 0.15) is 6.04 Å². The van der Waals surface area contributed by atoms with Gasteiger partial charge in [0, 0.05) is 0 Å². The number of aliphatic carboxylic acids is 1. The number of para-hydroxylation sites is 1. The maximum absolute atomic E-state index is 11.8. The number of fused-ring (bicyclic) bond motifs is 1. The van der Waals surface area contributed by atoms with Crippen LogP contribution in [0.4, 0.5) is 5.13 Å². The van der Waals surface area contributed by atoms with Gasteiger partial charge < -0.3 is 10.4 Å². The van der Waals surface area contributed by atoms with Crippen molar-refractivity contribution in [2.24, 2.45) is 0 Å². The number of benzene rings is 1. The second kappa shape index (κ2) is 7.14. The number of nitrogens with one attached hydrogen (secondary N) is 2. The van der Waals surface area contributed by atoms with Gasteiger partial charge >= 0.3 is 5.97 Å². The van der Waals surface area contributed by atoms with Gasteiger partial charge in [0.15, 0.2) is 5.13 Å². The van der Waals surface area contributed by atoms with E-state index in [1.165, 1.54) is 11.3 Å². The van der Waals surface area contributed by atoms with Gasteiger partial charge in [-0.25, -0.2) is 4.98 Å². The highest BCUT2D eigenvalue weighted by Crippen LogP contribution is 2.25. The van der Waals surface area contributed by atoms with E-state index in [1.54, 1.807) is 0 Å². The normalized spacial score (nSPS) is 12.2. The first-order valence-electron chi connectivity index (χ1n) is 6.71. The van der Waals surface area contributed by atoms with Crippen LogP contribution < -0.4 is 10.6 Å². The Morgan fingerprint density at radius 2 is 2.14 bits per heavy atom. The molecule has 3 N–H and O–H groups in total. The second-order valence-electron chi connectivity index (χ2n) is 4.60. The van der Waals surface area contributed by atoms with E-state index in [2.05, 4.69) is 15.6 Å². The number of rotatable bonds is 7. The van der Waals surface area contributed by atoms with Gasteiger partial charge in [-0.2, -0.15) is 0 Å². The highest BCUT2D eigenvalue weighted by molar-refractivity contribution is 7.22. The Labute approximate surface area is 126 Å². The van der Waals surface area contributed by atoms with Crippen molar-refractivity contribution >= 4 is 38.6 Å². The molecule has 0 aliphatic carbocycles. The lowest BCUT2D eigenvalue weighted by atomic mass is 10.2. The zero-order valence-corrected chi connectivity index (χ0v) is 12.4. The van der Waals surface area contributed by atoms with Gasteiger partial charge in [0.25, 0.3) is 0 Å². The van der Waals surface area contributed by atoms with Crippen molar-refractivity contribution in [2.75, 3.05) is 11.9 Å². The molecule has 0 saturated heterocycles. The third-order valence-electron chi connectivity index (χ3n) is 2.92. The van der Waals surface area contributed by atoms with E-state index in [9.17, 15) is 9.59 Å². The van der Waals surface area contributed by atoms with Crippen LogP contribution in [-0.2, 0) is 9.59 Å². The molecule has 21 heavy (non-hydrogen) atoms. The zero-order valence-electron chi connectivity index (χ0n) is 11.6. The van der Waals surface area contributed by atoms with E-state index in [0.717, 1.165) is 16.6 Å². The molecule has 0 aliphatic rings. The van der Waals surface area contributed by atoms with Gasteiger partial charge in [0.2, 0.25) is 5.91 Å². The number of carbonyl (C=O) groups excluding carboxylic acids is 1. The molecule has 1 aromatic heterocycles. The molecule has 1 heterocycles. The first-order valence-corrected chi connectivity index (χ1v) is 7.53. The number of carboxylic acid groups (broad SMARTS) is 1. The van der Waals surface area contributed by atoms with E-state index in [-0.39, 0.29) is 12.5 Å². The summed E-state index contributed by atoms with van der Waals surface area (Å²) in [6.45, 7) is 1.85. The highest BCUT2D eigenvalue weighted by atomic mass is 32.1. The summed E-state index contributed by atoms with van der Waals surface area (Å²) in [5.74, 6) is -1.24. The minimum absolute atomic E-state index is 0.0487. The Kier molecular flexibility index (Phi) is 5.24. The van der Waals surface area contributed by atoms with Crippen molar-refractivity contribution < 1.29 is 14.7 Å². The average molecular weight is 307 g/mol. The highest BCUT2D eigenvalue weighted by Gasteiger charge is 2.17. The molecule has 0 aliphatic heterocycles. The third-order valence-corrected chi connectivity index (χ3v) is 3.88. The molecule has 1 unspecified atom stereocenters. The van der Waals surface area contributed by atoms with Crippen molar-refractivity contribution in [1.82, 2.24) is 10.3 Å². The molecule has 2 aromatic rings. The minimum Gasteiger partial charge on any atom is -0.480 e. The van der Waals surface area contributed by atoms with Crippen LogP contribution in [0.3, 0.4) is 0 Å². The van der Waals surface area contributed by atoms with Crippen LogP contribution in [0.15, 0.2) is 24.3 Å². The molecule has 1 aromatic carbocycles. The van der Waals surface area contributed by atoms with Crippen LogP contribution in [0.1, 0.15) is 19.8 Å². The Morgan fingerprint density at radius 1 is 1.38 bits per heavy atom. The van der Waals surface area contributed by atoms with Gasteiger partial charge in [-0.1, -0.05) is 36.8 Å². The number of hydrogen-bond donors (Lipinski definition) is 3. The molecule has 6 nitrogen and oxygen atoms in total.